The molecule has 0 saturated heterocycles. The van der Waals surface area contributed by atoms with Crippen LogP contribution in [0.5, 0.6) is 0 Å². The second kappa shape index (κ2) is 6.17. The maximum atomic E-state index is 11.1. The molecule has 0 aliphatic rings. The summed E-state index contributed by atoms with van der Waals surface area (Å²) in [6.45, 7) is 2.84. The predicted molar refractivity (Wildman–Crippen MR) is 75.4 cm³/mol. The first kappa shape index (κ1) is 14.7. The van der Waals surface area contributed by atoms with E-state index < -0.39 is 10.9 Å². The summed E-state index contributed by atoms with van der Waals surface area (Å²) < 4.78 is 1.96. The third-order valence-corrected chi connectivity index (χ3v) is 3.06. The van der Waals surface area contributed by atoms with Crippen LogP contribution in [0.2, 0.25) is 0 Å². The van der Waals surface area contributed by atoms with E-state index in [-0.39, 0.29) is 11.3 Å². The van der Waals surface area contributed by atoms with Gasteiger partial charge in [-0.25, -0.2) is 9.78 Å². The highest BCUT2D eigenvalue weighted by Gasteiger charge is 2.15. The lowest BCUT2D eigenvalue weighted by molar-refractivity contribution is -0.384. The number of imidazole rings is 1. The van der Waals surface area contributed by atoms with E-state index in [0.29, 0.717) is 12.0 Å². The number of carboxylic acid groups (broad SMARTS) is 1. The van der Waals surface area contributed by atoms with E-state index in [1.807, 2.05) is 17.7 Å². The maximum Gasteiger partial charge on any atom is 0.335 e. The molecule has 2 aromatic rings. The van der Waals surface area contributed by atoms with Crippen molar-refractivity contribution in [3.8, 4) is 0 Å². The highest BCUT2D eigenvalue weighted by molar-refractivity contribution is 5.88. The van der Waals surface area contributed by atoms with Gasteiger partial charge in [0.2, 0.25) is 0 Å². The van der Waals surface area contributed by atoms with Crippen LogP contribution in [0.4, 0.5) is 5.69 Å². The van der Waals surface area contributed by atoms with E-state index in [4.69, 9.17) is 5.11 Å². The molecule has 1 heterocycles. The van der Waals surface area contributed by atoms with E-state index in [2.05, 4.69) is 4.98 Å². The van der Waals surface area contributed by atoms with Crippen molar-refractivity contribution in [2.45, 2.75) is 26.3 Å². The van der Waals surface area contributed by atoms with Crippen LogP contribution < -0.4 is 0 Å². The van der Waals surface area contributed by atoms with Gasteiger partial charge in [0.05, 0.1) is 10.5 Å². The van der Waals surface area contributed by atoms with Crippen LogP contribution in [0.25, 0.3) is 0 Å². The van der Waals surface area contributed by atoms with Gasteiger partial charge in [-0.3, -0.25) is 10.1 Å². The number of benzene rings is 1. The Labute approximate surface area is 121 Å². The molecule has 0 bridgehead atoms. The Balaban J connectivity index is 2.36. The predicted octanol–water partition coefficient (Wildman–Crippen LogP) is 2.49. The number of nitrogens with zero attached hydrogens (tertiary/aromatic N) is 3. The molecule has 7 nitrogen and oxygen atoms in total. The first-order valence-electron chi connectivity index (χ1n) is 6.53. The molecule has 0 fully saturated rings. The topological polar surface area (TPSA) is 98.3 Å². The minimum Gasteiger partial charge on any atom is -0.478 e. The van der Waals surface area contributed by atoms with Gasteiger partial charge < -0.3 is 9.67 Å². The second-order valence-corrected chi connectivity index (χ2v) is 4.66. The lowest BCUT2D eigenvalue weighted by Crippen LogP contribution is -2.05. The van der Waals surface area contributed by atoms with Crippen LogP contribution in [-0.2, 0) is 13.0 Å². The fraction of sp³-hybridized carbons (Fsp3) is 0.286. The number of aryl methyl sites for hydroxylation is 1. The Kier molecular flexibility index (Phi) is 4.32. The molecule has 1 aromatic heterocycles. The van der Waals surface area contributed by atoms with Crippen molar-refractivity contribution < 1.29 is 14.8 Å². The zero-order valence-electron chi connectivity index (χ0n) is 11.5. The number of nitro groups is 1. The van der Waals surface area contributed by atoms with Gasteiger partial charge in [-0.2, -0.15) is 0 Å². The van der Waals surface area contributed by atoms with E-state index >= 15 is 0 Å². The molecule has 0 aliphatic heterocycles. The highest BCUT2D eigenvalue weighted by atomic mass is 16.6. The smallest absolute Gasteiger partial charge is 0.335 e. The van der Waals surface area contributed by atoms with E-state index in [9.17, 15) is 14.9 Å². The Morgan fingerprint density at radius 3 is 2.81 bits per heavy atom. The summed E-state index contributed by atoms with van der Waals surface area (Å²) in [6.07, 6.45) is 4.81. The Hall–Kier alpha value is -2.70. The lowest BCUT2D eigenvalue weighted by atomic mass is 10.1. The number of non-ortho nitro benzene ring substituents is 1. The van der Waals surface area contributed by atoms with Gasteiger partial charge in [-0.15, -0.1) is 0 Å². The van der Waals surface area contributed by atoms with Gasteiger partial charge >= 0.3 is 5.97 Å². The van der Waals surface area contributed by atoms with Crippen molar-refractivity contribution in [2.75, 3.05) is 0 Å². The van der Waals surface area contributed by atoms with Gasteiger partial charge in [0.25, 0.3) is 5.69 Å². The number of rotatable bonds is 6. The van der Waals surface area contributed by atoms with Gasteiger partial charge in [-0.05, 0) is 18.1 Å². The van der Waals surface area contributed by atoms with Crippen LogP contribution in [0.15, 0.2) is 30.6 Å². The van der Waals surface area contributed by atoms with Crippen molar-refractivity contribution >= 4 is 11.7 Å². The zero-order chi connectivity index (χ0) is 15.4. The minimum atomic E-state index is -1.18. The van der Waals surface area contributed by atoms with Crippen molar-refractivity contribution in [3.05, 3.63) is 57.7 Å². The third kappa shape index (κ3) is 3.44. The van der Waals surface area contributed by atoms with Crippen LogP contribution in [0.3, 0.4) is 0 Å². The van der Waals surface area contributed by atoms with Crippen molar-refractivity contribution in [1.29, 1.82) is 0 Å². The quantitative estimate of drug-likeness (QED) is 0.650. The number of carboxylic acids is 1. The fourth-order valence-electron chi connectivity index (χ4n) is 2.14. The van der Waals surface area contributed by atoms with E-state index in [0.717, 1.165) is 24.9 Å². The van der Waals surface area contributed by atoms with Gasteiger partial charge in [0.1, 0.15) is 5.82 Å². The summed E-state index contributed by atoms with van der Waals surface area (Å²) in [5, 5.41) is 19.9. The molecule has 0 atom stereocenters. The molecule has 0 saturated carbocycles. The minimum absolute atomic E-state index is 0.0900. The summed E-state index contributed by atoms with van der Waals surface area (Å²) in [5.41, 5.74) is 0.247. The number of aromatic nitrogens is 2. The molecule has 2 rings (SSSR count). The number of nitro benzene ring substituents is 1. The van der Waals surface area contributed by atoms with Crippen molar-refractivity contribution in [3.63, 3.8) is 0 Å². The average molecular weight is 289 g/mol. The third-order valence-electron chi connectivity index (χ3n) is 3.06. The Morgan fingerprint density at radius 2 is 2.19 bits per heavy atom. The molecule has 0 aliphatic carbocycles. The second-order valence-electron chi connectivity index (χ2n) is 4.66. The molecule has 110 valence electrons. The normalized spacial score (nSPS) is 10.5. The summed E-state index contributed by atoms with van der Waals surface area (Å²) in [6, 6.07) is 3.89. The average Bonchev–Trinajstić information content (AvgIpc) is 2.86. The summed E-state index contributed by atoms with van der Waals surface area (Å²) in [7, 11) is 0. The highest BCUT2D eigenvalue weighted by Crippen LogP contribution is 2.19. The van der Waals surface area contributed by atoms with Crippen LogP contribution in [-0.4, -0.2) is 25.6 Å². The molecule has 1 N–H and O–H groups in total. The van der Waals surface area contributed by atoms with Crippen LogP contribution in [0, 0.1) is 10.1 Å². The van der Waals surface area contributed by atoms with Gasteiger partial charge in [0.15, 0.2) is 0 Å². The molecular weight excluding hydrogens is 274 g/mol. The standard InChI is InChI=1S/C14H15N3O4/c1-2-4-16-5-3-15-13(16)8-10-6-11(14(18)19)9-12(7-10)17(20)21/h3,5-7,9H,2,4,8H2,1H3,(H,18,19). The monoisotopic (exact) mass is 289 g/mol. The number of hydrogen-bond acceptors (Lipinski definition) is 4. The Morgan fingerprint density at radius 1 is 1.43 bits per heavy atom. The first-order chi connectivity index (χ1) is 10.0. The van der Waals surface area contributed by atoms with Gasteiger partial charge in [0, 0.05) is 37.5 Å². The molecule has 1 aromatic carbocycles. The van der Waals surface area contributed by atoms with Crippen LogP contribution in [0.1, 0.15) is 35.1 Å². The molecule has 21 heavy (non-hydrogen) atoms. The largest absolute Gasteiger partial charge is 0.478 e. The Bertz CT molecular complexity index is 646. The summed E-state index contributed by atoms with van der Waals surface area (Å²) in [5.74, 6) is -0.425. The SMILES string of the molecule is CCCn1ccnc1Cc1cc(C(=O)O)cc([N+](=O)[O-])c1. The molecule has 0 amide bonds. The van der Waals surface area contributed by atoms with E-state index in [1.165, 1.54) is 12.1 Å². The van der Waals surface area contributed by atoms with Crippen molar-refractivity contribution in [1.82, 2.24) is 9.55 Å². The fourth-order valence-corrected chi connectivity index (χ4v) is 2.14. The molecular formula is C14H15N3O4. The van der Waals surface area contributed by atoms with Crippen LogP contribution >= 0.6 is 0 Å². The first-order valence-corrected chi connectivity index (χ1v) is 6.53. The van der Waals surface area contributed by atoms with E-state index in [1.54, 1.807) is 6.20 Å². The summed E-state index contributed by atoms with van der Waals surface area (Å²) in [4.78, 5) is 25.6. The summed E-state index contributed by atoms with van der Waals surface area (Å²) >= 11 is 0. The number of aromatic carboxylic acids is 1. The number of hydrogen-bond donors (Lipinski definition) is 1. The van der Waals surface area contributed by atoms with Crippen molar-refractivity contribution in [2.24, 2.45) is 0 Å². The molecule has 0 spiro atoms. The zero-order valence-corrected chi connectivity index (χ0v) is 11.5. The lowest BCUT2D eigenvalue weighted by Gasteiger charge is -2.07. The number of carbonyl (C=O) groups is 1. The maximum absolute atomic E-state index is 11.1. The van der Waals surface area contributed by atoms with Gasteiger partial charge in [-0.1, -0.05) is 6.92 Å². The molecule has 0 radical (unpaired) electrons. The molecule has 0 unspecified atom stereocenters. The molecule has 7 heteroatoms.